The third-order valence-corrected chi connectivity index (χ3v) is 6.43. The van der Waals surface area contributed by atoms with Crippen LogP contribution in [0, 0.1) is 0 Å². The second-order valence-electron chi connectivity index (χ2n) is 5.80. The number of benzene rings is 2. The Labute approximate surface area is 168 Å². The topological polar surface area (TPSA) is 98.2 Å². The van der Waals surface area contributed by atoms with Gasteiger partial charge in [0.05, 0.1) is 15.1 Å². The van der Waals surface area contributed by atoms with Crippen molar-refractivity contribution in [3.63, 3.8) is 0 Å². The molecule has 0 fully saturated rings. The van der Waals surface area contributed by atoms with E-state index in [4.69, 9.17) is 4.74 Å². The molecule has 142 valence electrons. The van der Waals surface area contributed by atoms with Crippen LogP contribution in [0.25, 0.3) is 10.2 Å². The number of anilines is 1. The van der Waals surface area contributed by atoms with E-state index in [0.717, 1.165) is 6.26 Å². The van der Waals surface area contributed by atoms with Crippen molar-refractivity contribution in [2.24, 2.45) is 0 Å². The van der Waals surface area contributed by atoms with Gasteiger partial charge in [-0.1, -0.05) is 22.7 Å². The molecule has 0 spiro atoms. The highest BCUT2D eigenvalue weighted by Crippen LogP contribution is 2.29. The quantitative estimate of drug-likeness (QED) is 0.508. The second-order valence-corrected chi connectivity index (χ2v) is 9.70. The zero-order valence-corrected chi connectivity index (χ0v) is 16.9. The highest BCUT2D eigenvalue weighted by atomic mass is 32.2. The standard InChI is InChI=1S/C18H13N3O4S3/c1-28(23,24)13-6-7-14-15(10-13)27-17(20-14)21-16(22)11-2-4-12(5-3-11)25-18-19-8-9-26-18/h2-10H,1H3,(H,20,21,22). The van der Waals surface area contributed by atoms with E-state index in [9.17, 15) is 13.2 Å². The molecule has 0 aliphatic carbocycles. The van der Waals surface area contributed by atoms with E-state index in [2.05, 4.69) is 15.3 Å². The Kier molecular flexibility index (Phi) is 4.84. The third kappa shape index (κ3) is 4.03. The first kappa shape index (κ1) is 18.5. The van der Waals surface area contributed by atoms with Crippen molar-refractivity contribution in [3.8, 4) is 10.9 Å². The molecular formula is C18H13N3O4S3. The van der Waals surface area contributed by atoms with Gasteiger partial charge in [0, 0.05) is 23.4 Å². The number of rotatable bonds is 5. The summed E-state index contributed by atoms with van der Waals surface area (Å²) in [7, 11) is -3.30. The second kappa shape index (κ2) is 7.30. The Bertz CT molecular complexity index is 1250. The third-order valence-electron chi connectivity index (χ3n) is 3.74. The maximum Gasteiger partial charge on any atom is 0.278 e. The molecule has 0 atom stereocenters. The number of amides is 1. The number of hydrogen-bond donors (Lipinski definition) is 1. The van der Waals surface area contributed by atoms with Crippen LogP contribution in [0.1, 0.15) is 10.4 Å². The monoisotopic (exact) mass is 431 g/mol. The zero-order valence-electron chi connectivity index (χ0n) is 14.4. The fourth-order valence-electron chi connectivity index (χ4n) is 2.39. The Morgan fingerprint density at radius 3 is 2.61 bits per heavy atom. The van der Waals surface area contributed by atoms with Crippen molar-refractivity contribution < 1.29 is 17.9 Å². The van der Waals surface area contributed by atoms with Crippen molar-refractivity contribution in [3.05, 3.63) is 59.6 Å². The van der Waals surface area contributed by atoms with E-state index in [-0.39, 0.29) is 10.8 Å². The maximum absolute atomic E-state index is 12.5. The Balaban J connectivity index is 1.50. The average molecular weight is 432 g/mol. The van der Waals surface area contributed by atoms with Gasteiger partial charge in [-0.2, -0.15) is 0 Å². The van der Waals surface area contributed by atoms with Crippen LogP contribution < -0.4 is 10.1 Å². The van der Waals surface area contributed by atoms with Crippen molar-refractivity contribution in [2.75, 3.05) is 11.6 Å². The van der Waals surface area contributed by atoms with Gasteiger partial charge in [-0.3, -0.25) is 10.1 Å². The molecule has 2 aromatic heterocycles. The predicted octanol–water partition coefficient (Wildman–Crippen LogP) is 4.20. The molecule has 0 bridgehead atoms. The number of aromatic nitrogens is 2. The number of ether oxygens (including phenoxy) is 1. The number of thiazole rings is 2. The summed E-state index contributed by atoms with van der Waals surface area (Å²) in [4.78, 5) is 21.0. The van der Waals surface area contributed by atoms with Gasteiger partial charge in [0.1, 0.15) is 5.75 Å². The van der Waals surface area contributed by atoms with E-state index in [0.29, 0.717) is 31.9 Å². The van der Waals surface area contributed by atoms with Crippen LogP contribution in [0.5, 0.6) is 10.9 Å². The molecule has 28 heavy (non-hydrogen) atoms. The van der Waals surface area contributed by atoms with Crippen LogP contribution in [0.4, 0.5) is 5.13 Å². The van der Waals surface area contributed by atoms with Gasteiger partial charge in [0.2, 0.25) is 0 Å². The number of fused-ring (bicyclic) bond motifs is 1. The van der Waals surface area contributed by atoms with Crippen molar-refractivity contribution in [1.29, 1.82) is 0 Å². The first-order chi connectivity index (χ1) is 13.4. The maximum atomic E-state index is 12.5. The van der Waals surface area contributed by atoms with Crippen LogP contribution in [-0.2, 0) is 9.84 Å². The fourth-order valence-corrected chi connectivity index (χ4v) is 4.52. The molecule has 10 heteroatoms. The summed E-state index contributed by atoms with van der Waals surface area (Å²) in [5, 5.41) is 5.48. The molecule has 0 aliphatic rings. The lowest BCUT2D eigenvalue weighted by Gasteiger charge is -2.04. The van der Waals surface area contributed by atoms with Gasteiger partial charge in [-0.15, -0.1) is 0 Å². The van der Waals surface area contributed by atoms with Gasteiger partial charge >= 0.3 is 0 Å². The molecule has 7 nitrogen and oxygen atoms in total. The SMILES string of the molecule is CS(=O)(=O)c1ccc2nc(NC(=O)c3ccc(Oc4nccs4)cc3)sc2c1. The Morgan fingerprint density at radius 2 is 1.93 bits per heavy atom. The van der Waals surface area contributed by atoms with E-state index in [1.54, 1.807) is 42.6 Å². The molecule has 0 saturated carbocycles. The van der Waals surface area contributed by atoms with Crippen molar-refractivity contribution in [1.82, 2.24) is 9.97 Å². The Hall–Kier alpha value is -2.82. The largest absolute Gasteiger partial charge is 0.431 e. The molecule has 2 heterocycles. The van der Waals surface area contributed by atoms with E-state index in [1.807, 2.05) is 5.38 Å². The van der Waals surface area contributed by atoms with E-state index in [1.165, 1.54) is 28.7 Å². The smallest absolute Gasteiger partial charge is 0.278 e. The Morgan fingerprint density at radius 1 is 1.14 bits per heavy atom. The summed E-state index contributed by atoms with van der Waals surface area (Å²) in [6.45, 7) is 0. The van der Waals surface area contributed by atoms with Gasteiger partial charge in [0.25, 0.3) is 11.1 Å². The number of sulfone groups is 1. The zero-order chi connectivity index (χ0) is 19.7. The molecule has 0 saturated heterocycles. The molecular weight excluding hydrogens is 418 g/mol. The lowest BCUT2D eigenvalue weighted by Crippen LogP contribution is -2.11. The van der Waals surface area contributed by atoms with E-state index < -0.39 is 9.84 Å². The number of carbonyl (C=O) groups is 1. The van der Waals surface area contributed by atoms with Gasteiger partial charge in [-0.25, -0.2) is 18.4 Å². The van der Waals surface area contributed by atoms with E-state index >= 15 is 0 Å². The summed E-state index contributed by atoms with van der Waals surface area (Å²) in [6, 6.07) is 11.4. The van der Waals surface area contributed by atoms with Gasteiger partial charge < -0.3 is 4.74 Å². The summed E-state index contributed by atoms with van der Waals surface area (Å²) >= 11 is 2.59. The lowest BCUT2D eigenvalue weighted by atomic mass is 10.2. The summed E-state index contributed by atoms with van der Waals surface area (Å²) in [5.41, 5.74) is 1.07. The molecule has 2 aromatic carbocycles. The molecule has 0 aliphatic heterocycles. The summed E-state index contributed by atoms with van der Waals surface area (Å²) < 4.78 is 29.6. The normalized spacial score (nSPS) is 11.5. The number of hydrogen-bond acceptors (Lipinski definition) is 8. The summed E-state index contributed by atoms with van der Waals surface area (Å²) in [5.74, 6) is 0.267. The number of nitrogens with zero attached hydrogens (tertiary/aromatic N) is 2. The molecule has 0 radical (unpaired) electrons. The highest BCUT2D eigenvalue weighted by molar-refractivity contribution is 7.90. The van der Waals surface area contributed by atoms with Crippen LogP contribution in [0.15, 0.2) is 58.9 Å². The first-order valence-electron chi connectivity index (χ1n) is 7.98. The molecule has 1 N–H and O–H groups in total. The van der Waals surface area contributed by atoms with Crippen LogP contribution >= 0.6 is 22.7 Å². The van der Waals surface area contributed by atoms with Gasteiger partial charge in [0.15, 0.2) is 15.0 Å². The minimum absolute atomic E-state index is 0.220. The molecule has 0 unspecified atom stereocenters. The number of carbonyl (C=O) groups excluding carboxylic acids is 1. The van der Waals surface area contributed by atoms with Crippen LogP contribution in [0.3, 0.4) is 0 Å². The predicted molar refractivity (Wildman–Crippen MR) is 109 cm³/mol. The van der Waals surface area contributed by atoms with Crippen LogP contribution in [0.2, 0.25) is 0 Å². The fraction of sp³-hybridized carbons (Fsp3) is 0.0556. The number of nitrogens with one attached hydrogen (secondary N) is 1. The summed E-state index contributed by atoms with van der Waals surface area (Å²) in [6.07, 6.45) is 2.80. The van der Waals surface area contributed by atoms with Crippen LogP contribution in [-0.4, -0.2) is 30.5 Å². The highest BCUT2D eigenvalue weighted by Gasteiger charge is 2.13. The average Bonchev–Trinajstić information content (AvgIpc) is 3.29. The molecule has 1 amide bonds. The van der Waals surface area contributed by atoms with Crippen molar-refractivity contribution >= 4 is 53.8 Å². The molecule has 4 rings (SSSR count). The minimum atomic E-state index is -3.30. The minimum Gasteiger partial charge on any atom is -0.431 e. The first-order valence-corrected chi connectivity index (χ1v) is 11.6. The molecule has 4 aromatic rings. The van der Waals surface area contributed by atoms with Gasteiger partial charge in [-0.05, 0) is 42.5 Å². The lowest BCUT2D eigenvalue weighted by molar-refractivity contribution is 0.102. The van der Waals surface area contributed by atoms with Crippen molar-refractivity contribution in [2.45, 2.75) is 4.90 Å².